The number of nitrogens with one attached hydrogen (secondary N) is 2. The van der Waals surface area contributed by atoms with Crippen LogP contribution in [0.15, 0.2) is 48.5 Å². The zero-order valence-corrected chi connectivity index (χ0v) is 23.4. The van der Waals surface area contributed by atoms with Crippen molar-refractivity contribution in [3.63, 3.8) is 0 Å². The van der Waals surface area contributed by atoms with Crippen LogP contribution in [0.25, 0.3) is 71.1 Å². The fourth-order valence-corrected chi connectivity index (χ4v) is 6.07. The molecule has 0 amide bonds. The Morgan fingerprint density at radius 1 is 0.368 bits per heavy atom. The molecule has 4 nitrogen and oxygen atoms in total. The number of benzene rings is 4. The molecule has 0 bridgehead atoms. The molecule has 0 unspecified atom stereocenters. The predicted octanol–water partition coefficient (Wildman–Crippen LogP) is -7.02. The van der Waals surface area contributed by atoms with E-state index in [0.29, 0.717) is 0 Å². The monoisotopic (exact) mass is 540 g/mol. The second-order valence-electron chi connectivity index (χ2n) is 11.2. The number of hydrogen-bond acceptors (Lipinski definition) is 2. The molecular weight excluding hydrogens is 511 g/mol. The lowest BCUT2D eigenvalue weighted by Gasteiger charge is -2.23. The van der Waals surface area contributed by atoms with Crippen LogP contribution < -0.4 is 77.2 Å². The Hall–Kier alpha value is -3.54. The molecule has 6 heteroatoms. The molecule has 0 saturated heterocycles. The van der Waals surface area contributed by atoms with Crippen molar-refractivity contribution in [2.45, 2.75) is 0 Å². The summed E-state index contributed by atoms with van der Waals surface area (Å²) in [6.07, 6.45) is 17.5. The van der Waals surface area contributed by atoms with Crippen LogP contribution in [0.3, 0.4) is 0 Å². The van der Waals surface area contributed by atoms with E-state index in [0.717, 1.165) is 8.97 Å². The van der Waals surface area contributed by atoms with Gasteiger partial charge >= 0.3 is 0 Å². The number of hydrogen-bond donors (Lipinski definition) is 2. The Labute approximate surface area is 233 Å². The van der Waals surface area contributed by atoms with Gasteiger partial charge in [-0.2, -0.15) is 0 Å². The van der Waals surface area contributed by atoms with E-state index in [1.807, 2.05) is 0 Å². The first-order valence-electron chi connectivity index (χ1n) is 12.4. The number of nitrogens with zero attached hydrogens (tertiary/aromatic N) is 2. The highest BCUT2D eigenvalue weighted by Crippen LogP contribution is 2.08. The van der Waals surface area contributed by atoms with E-state index in [4.69, 9.17) is 0 Å². The van der Waals surface area contributed by atoms with E-state index >= 15 is 0 Å². The van der Waals surface area contributed by atoms with Gasteiger partial charge in [-0.3, -0.25) is 8.97 Å². The summed E-state index contributed by atoms with van der Waals surface area (Å²) >= 11 is 0. The minimum Gasteiger partial charge on any atom is -1.00 e. The molecule has 2 N–H and O–H groups in total. The number of rotatable bonds is 0. The third-order valence-electron chi connectivity index (χ3n) is 7.42. The van der Waals surface area contributed by atoms with E-state index in [-0.39, 0.29) is 24.8 Å². The summed E-state index contributed by atoms with van der Waals surface area (Å²) in [7, 11) is 8.79. The van der Waals surface area contributed by atoms with Crippen molar-refractivity contribution in [2.24, 2.45) is 0 Å². The number of halogens is 2. The molecule has 4 aromatic carbocycles. The lowest BCUT2D eigenvalue weighted by molar-refractivity contribution is -0.724. The van der Waals surface area contributed by atoms with Gasteiger partial charge in [0.25, 0.3) is 0 Å². The fourth-order valence-electron chi connectivity index (χ4n) is 6.07. The molecule has 192 valence electrons. The summed E-state index contributed by atoms with van der Waals surface area (Å²) in [5.74, 6) is 0. The normalized spacial score (nSPS) is 16.9. The van der Waals surface area contributed by atoms with Gasteiger partial charge in [-0.05, 0) is 45.1 Å². The van der Waals surface area contributed by atoms with Crippen LogP contribution >= 0.6 is 0 Å². The largest absolute Gasteiger partial charge is 1.00 e. The second kappa shape index (κ2) is 9.04. The van der Waals surface area contributed by atoms with E-state index in [9.17, 15) is 0 Å². The molecule has 0 aromatic heterocycles. The van der Waals surface area contributed by atoms with Gasteiger partial charge in [-0.1, -0.05) is 24.3 Å². The Morgan fingerprint density at radius 2 is 0.579 bits per heavy atom. The molecule has 8 rings (SSSR count). The van der Waals surface area contributed by atoms with Crippen LogP contribution in [0.5, 0.6) is 0 Å². The summed E-state index contributed by atoms with van der Waals surface area (Å²) in [5.41, 5.74) is 0. The summed E-state index contributed by atoms with van der Waals surface area (Å²) in [6, 6.07) is 17.7. The van der Waals surface area contributed by atoms with Crippen molar-refractivity contribution >= 4 is 71.1 Å². The SMILES string of the molecule is C[N+]1(C)C=c2ccc3c4c(ccc(c24)=C1)=CNC=3.C[N+]1(C)C=c2ccc3c4c(ccc(c24)=C1)=CNC=3.[Cl-].[Cl-]. The predicted molar refractivity (Wildman–Crippen MR) is 151 cm³/mol. The zero-order valence-electron chi connectivity index (χ0n) is 21.9. The Morgan fingerprint density at radius 3 is 0.842 bits per heavy atom. The van der Waals surface area contributed by atoms with Gasteiger partial charge < -0.3 is 35.4 Å². The molecular formula is C32H30Cl2N4. The lowest BCUT2D eigenvalue weighted by atomic mass is 10.00. The summed E-state index contributed by atoms with van der Waals surface area (Å²) in [4.78, 5) is 0. The summed E-state index contributed by atoms with van der Waals surface area (Å²) in [5, 5.41) is 22.4. The van der Waals surface area contributed by atoms with Crippen LogP contribution in [0, 0.1) is 0 Å². The molecule has 4 aliphatic heterocycles. The first kappa shape index (κ1) is 26.1. The zero-order chi connectivity index (χ0) is 24.7. The van der Waals surface area contributed by atoms with Crippen molar-refractivity contribution < 1.29 is 33.8 Å². The van der Waals surface area contributed by atoms with Crippen LogP contribution in [-0.4, -0.2) is 37.2 Å². The maximum absolute atomic E-state index is 3.22. The van der Waals surface area contributed by atoms with Gasteiger partial charge in [0.2, 0.25) is 0 Å². The van der Waals surface area contributed by atoms with Crippen LogP contribution in [0.4, 0.5) is 0 Å². The van der Waals surface area contributed by atoms with E-state index < -0.39 is 0 Å². The van der Waals surface area contributed by atoms with Gasteiger partial charge in [0, 0.05) is 67.2 Å². The van der Waals surface area contributed by atoms with Crippen LogP contribution in [0.1, 0.15) is 0 Å². The topological polar surface area (TPSA) is 24.1 Å². The van der Waals surface area contributed by atoms with E-state index in [1.54, 1.807) is 0 Å². The molecule has 0 aliphatic carbocycles. The fraction of sp³-hybridized carbons (Fsp3) is 0.125. The highest BCUT2D eigenvalue weighted by molar-refractivity contribution is 5.89. The Kier molecular flexibility index (Phi) is 6.20. The standard InChI is InChI=1S/2C16H15N2.2ClH/c2*1-18(2)9-13-5-3-11-7-17-8-12-4-6-14(10-18)16(13)15(11)12;;/h2*3-10,17H,1-2H3;2*1H/q2*+1;;/p-2. The van der Waals surface area contributed by atoms with E-state index in [2.05, 4.69) is 137 Å². The first-order valence-corrected chi connectivity index (χ1v) is 12.4. The van der Waals surface area contributed by atoms with Gasteiger partial charge in [-0.25, -0.2) is 0 Å². The highest BCUT2D eigenvalue weighted by Gasteiger charge is 2.17. The van der Waals surface area contributed by atoms with Gasteiger partial charge in [0.15, 0.2) is 0 Å². The smallest absolute Gasteiger partial charge is 0.108 e. The average molecular weight is 542 g/mol. The molecule has 0 spiro atoms. The molecule has 0 atom stereocenters. The third-order valence-corrected chi connectivity index (χ3v) is 7.42. The van der Waals surface area contributed by atoms with Crippen molar-refractivity contribution in [3.8, 4) is 0 Å². The number of quaternary nitrogens is 2. The first-order chi connectivity index (χ1) is 17.3. The van der Waals surface area contributed by atoms with Crippen molar-refractivity contribution in [1.29, 1.82) is 0 Å². The molecule has 38 heavy (non-hydrogen) atoms. The maximum atomic E-state index is 3.22. The van der Waals surface area contributed by atoms with Gasteiger partial charge in [0.1, 0.15) is 24.8 Å². The molecule has 0 saturated carbocycles. The van der Waals surface area contributed by atoms with E-state index in [1.165, 1.54) is 63.3 Å². The van der Waals surface area contributed by atoms with Gasteiger partial charge in [0.05, 0.1) is 28.2 Å². The molecule has 4 aromatic rings. The molecule has 4 aliphatic rings. The van der Waals surface area contributed by atoms with Crippen LogP contribution in [0.2, 0.25) is 0 Å². The summed E-state index contributed by atoms with van der Waals surface area (Å²) in [6.45, 7) is 0. The maximum Gasteiger partial charge on any atom is 0.108 e. The summed E-state index contributed by atoms with van der Waals surface area (Å²) < 4.78 is 1.60. The molecule has 0 fully saturated rings. The van der Waals surface area contributed by atoms with Crippen molar-refractivity contribution in [2.75, 3.05) is 28.2 Å². The quantitative estimate of drug-likeness (QED) is 0.217. The Balaban J connectivity index is 0.000000147. The van der Waals surface area contributed by atoms with Gasteiger partial charge in [-0.15, -0.1) is 0 Å². The lowest BCUT2D eigenvalue weighted by Crippen LogP contribution is -3.00. The van der Waals surface area contributed by atoms with Crippen molar-refractivity contribution in [1.82, 2.24) is 10.6 Å². The average Bonchev–Trinajstić information content (AvgIpc) is 2.84. The van der Waals surface area contributed by atoms with Crippen molar-refractivity contribution in [3.05, 3.63) is 90.3 Å². The minimum atomic E-state index is 0. The highest BCUT2D eigenvalue weighted by atomic mass is 35.5. The second-order valence-corrected chi connectivity index (χ2v) is 11.2. The van der Waals surface area contributed by atoms with Crippen LogP contribution in [-0.2, 0) is 0 Å². The molecule has 0 radical (unpaired) electrons. The third kappa shape index (κ3) is 4.11. The Bertz CT molecular complexity index is 1860. The molecule has 4 heterocycles. The minimum absolute atomic E-state index is 0.